The van der Waals surface area contributed by atoms with Crippen LogP contribution in [0.2, 0.25) is 0 Å². The molecule has 1 saturated heterocycles. The Kier molecular flexibility index (Phi) is 5.13. The van der Waals surface area contributed by atoms with E-state index < -0.39 is 0 Å². The standard InChI is InChI=1S/C17H28N4O/c22-16(7-6-15-12-18-19-13-15)20-17(8-2-1-3-9-17)14-21-10-4-5-11-21/h12-13H,1-11,14H2,(H,18,19)(H,20,22). The summed E-state index contributed by atoms with van der Waals surface area (Å²) in [5, 5.41) is 10.1. The van der Waals surface area contributed by atoms with Crippen LogP contribution in [-0.4, -0.2) is 46.2 Å². The van der Waals surface area contributed by atoms with Crippen LogP contribution in [0.1, 0.15) is 56.9 Å². The van der Waals surface area contributed by atoms with Gasteiger partial charge in [0.05, 0.1) is 11.7 Å². The molecule has 0 spiro atoms. The molecule has 0 atom stereocenters. The van der Waals surface area contributed by atoms with E-state index in [1.54, 1.807) is 6.20 Å². The third-order valence-corrected chi connectivity index (χ3v) is 5.14. The van der Waals surface area contributed by atoms with Crippen LogP contribution in [-0.2, 0) is 11.2 Å². The quantitative estimate of drug-likeness (QED) is 0.847. The molecule has 1 amide bonds. The van der Waals surface area contributed by atoms with Gasteiger partial charge in [-0.2, -0.15) is 5.10 Å². The van der Waals surface area contributed by atoms with Crippen LogP contribution in [0.3, 0.4) is 0 Å². The van der Waals surface area contributed by atoms with Crippen molar-refractivity contribution in [1.82, 2.24) is 20.4 Å². The highest BCUT2D eigenvalue weighted by Gasteiger charge is 2.35. The molecule has 1 aromatic rings. The Morgan fingerprint density at radius 2 is 2.00 bits per heavy atom. The molecule has 0 aromatic carbocycles. The molecule has 2 N–H and O–H groups in total. The molecule has 1 aliphatic heterocycles. The zero-order chi connectivity index (χ0) is 15.3. The van der Waals surface area contributed by atoms with Crippen LogP contribution in [0.25, 0.3) is 0 Å². The molecule has 3 rings (SSSR count). The lowest BCUT2D eigenvalue weighted by Gasteiger charge is -2.41. The predicted octanol–water partition coefficient (Wildman–Crippen LogP) is 2.26. The molecule has 1 aliphatic carbocycles. The maximum atomic E-state index is 12.4. The number of carbonyl (C=O) groups is 1. The summed E-state index contributed by atoms with van der Waals surface area (Å²) in [5.41, 5.74) is 1.13. The van der Waals surface area contributed by atoms with E-state index in [0.29, 0.717) is 6.42 Å². The summed E-state index contributed by atoms with van der Waals surface area (Å²) in [6.07, 6.45) is 13.7. The lowest BCUT2D eigenvalue weighted by molar-refractivity contribution is -0.123. The van der Waals surface area contributed by atoms with Crippen LogP contribution >= 0.6 is 0 Å². The summed E-state index contributed by atoms with van der Waals surface area (Å²) in [7, 11) is 0. The van der Waals surface area contributed by atoms with Gasteiger partial charge in [-0.15, -0.1) is 0 Å². The minimum atomic E-state index is 0.0239. The molecule has 1 aromatic heterocycles. The molecule has 2 fully saturated rings. The number of likely N-dealkylation sites (tertiary alicyclic amines) is 1. The summed E-state index contributed by atoms with van der Waals surface area (Å²) in [6, 6.07) is 0. The van der Waals surface area contributed by atoms with E-state index in [0.717, 1.165) is 31.4 Å². The second-order valence-electron chi connectivity index (χ2n) is 6.98. The number of hydrogen-bond donors (Lipinski definition) is 2. The average molecular weight is 304 g/mol. The van der Waals surface area contributed by atoms with Crippen LogP contribution in [0.15, 0.2) is 12.4 Å². The summed E-state index contributed by atoms with van der Waals surface area (Å²) < 4.78 is 0. The van der Waals surface area contributed by atoms with Gasteiger partial charge >= 0.3 is 0 Å². The number of carbonyl (C=O) groups excluding carboxylic acids is 1. The first-order valence-electron chi connectivity index (χ1n) is 8.77. The lowest BCUT2D eigenvalue weighted by Crippen LogP contribution is -2.56. The maximum absolute atomic E-state index is 12.4. The minimum Gasteiger partial charge on any atom is -0.349 e. The number of amides is 1. The number of H-pyrrole nitrogens is 1. The van der Waals surface area contributed by atoms with Crippen molar-refractivity contribution in [2.75, 3.05) is 19.6 Å². The van der Waals surface area contributed by atoms with Gasteiger partial charge in [0.25, 0.3) is 0 Å². The van der Waals surface area contributed by atoms with Gasteiger partial charge in [-0.1, -0.05) is 19.3 Å². The zero-order valence-corrected chi connectivity index (χ0v) is 13.4. The first-order valence-corrected chi connectivity index (χ1v) is 8.77. The van der Waals surface area contributed by atoms with Gasteiger partial charge in [-0.3, -0.25) is 9.89 Å². The van der Waals surface area contributed by atoms with E-state index >= 15 is 0 Å². The predicted molar refractivity (Wildman–Crippen MR) is 86.5 cm³/mol. The van der Waals surface area contributed by atoms with Crippen LogP contribution < -0.4 is 5.32 Å². The number of rotatable bonds is 6. The third kappa shape index (κ3) is 4.09. The van der Waals surface area contributed by atoms with Crippen molar-refractivity contribution in [1.29, 1.82) is 0 Å². The van der Waals surface area contributed by atoms with E-state index in [2.05, 4.69) is 20.4 Å². The summed E-state index contributed by atoms with van der Waals surface area (Å²) in [6.45, 7) is 3.45. The summed E-state index contributed by atoms with van der Waals surface area (Å²) in [4.78, 5) is 15.0. The lowest BCUT2D eigenvalue weighted by atomic mass is 9.81. The van der Waals surface area contributed by atoms with E-state index in [1.807, 2.05) is 6.20 Å². The molecule has 5 heteroatoms. The van der Waals surface area contributed by atoms with Gasteiger partial charge in [-0.05, 0) is 50.8 Å². The molecule has 2 heterocycles. The Hall–Kier alpha value is -1.36. The third-order valence-electron chi connectivity index (χ3n) is 5.14. The molecule has 2 aliphatic rings. The Labute approximate surface area is 132 Å². The van der Waals surface area contributed by atoms with Crippen molar-refractivity contribution in [2.45, 2.75) is 63.3 Å². The maximum Gasteiger partial charge on any atom is 0.220 e. The second kappa shape index (κ2) is 7.27. The molecule has 0 bridgehead atoms. The largest absolute Gasteiger partial charge is 0.349 e. The van der Waals surface area contributed by atoms with Gasteiger partial charge in [-0.25, -0.2) is 0 Å². The number of hydrogen-bond acceptors (Lipinski definition) is 3. The highest BCUT2D eigenvalue weighted by atomic mass is 16.1. The highest BCUT2D eigenvalue weighted by molar-refractivity contribution is 5.77. The van der Waals surface area contributed by atoms with Crippen LogP contribution in [0.5, 0.6) is 0 Å². The van der Waals surface area contributed by atoms with Crippen molar-refractivity contribution in [3.8, 4) is 0 Å². The highest BCUT2D eigenvalue weighted by Crippen LogP contribution is 2.30. The van der Waals surface area contributed by atoms with Crippen molar-refractivity contribution in [3.05, 3.63) is 18.0 Å². The van der Waals surface area contributed by atoms with Crippen molar-refractivity contribution in [2.24, 2.45) is 0 Å². The fraction of sp³-hybridized carbons (Fsp3) is 0.765. The molecule has 1 saturated carbocycles. The first-order chi connectivity index (χ1) is 10.8. The normalized spacial score (nSPS) is 21.8. The second-order valence-corrected chi connectivity index (χ2v) is 6.98. The number of aryl methyl sites for hydroxylation is 1. The number of aromatic nitrogens is 2. The Morgan fingerprint density at radius 1 is 1.23 bits per heavy atom. The average Bonchev–Trinajstić information content (AvgIpc) is 3.19. The number of aromatic amines is 1. The van der Waals surface area contributed by atoms with Crippen molar-refractivity contribution in [3.63, 3.8) is 0 Å². The molecule has 0 unspecified atom stereocenters. The Bertz CT molecular complexity index is 459. The molecular formula is C17H28N4O. The van der Waals surface area contributed by atoms with E-state index in [9.17, 15) is 4.79 Å². The SMILES string of the molecule is O=C(CCc1cn[nH]c1)NC1(CN2CCCC2)CCCCC1. The molecule has 5 nitrogen and oxygen atoms in total. The number of nitrogens with zero attached hydrogens (tertiary/aromatic N) is 2. The fourth-order valence-corrected chi connectivity index (χ4v) is 3.95. The monoisotopic (exact) mass is 304 g/mol. The Balaban J connectivity index is 1.55. The molecular weight excluding hydrogens is 276 g/mol. The minimum absolute atomic E-state index is 0.0239. The summed E-state index contributed by atoms with van der Waals surface area (Å²) in [5.74, 6) is 0.197. The van der Waals surface area contributed by atoms with E-state index in [4.69, 9.17) is 0 Å². The van der Waals surface area contributed by atoms with E-state index in [1.165, 1.54) is 45.2 Å². The Morgan fingerprint density at radius 3 is 2.68 bits per heavy atom. The van der Waals surface area contributed by atoms with Crippen molar-refractivity contribution >= 4 is 5.91 Å². The van der Waals surface area contributed by atoms with Crippen LogP contribution in [0.4, 0.5) is 0 Å². The fourth-order valence-electron chi connectivity index (χ4n) is 3.95. The first kappa shape index (κ1) is 15.5. The summed E-state index contributed by atoms with van der Waals surface area (Å²) >= 11 is 0. The number of nitrogens with one attached hydrogen (secondary N) is 2. The van der Waals surface area contributed by atoms with Crippen LogP contribution in [0, 0.1) is 0 Å². The topological polar surface area (TPSA) is 61.0 Å². The van der Waals surface area contributed by atoms with E-state index in [-0.39, 0.29) is 11.4 Å². The van der Waals surface area contributed by atoms with Gasteiger partial charge in [0.15, 0.2) is 0 Å². The molecule has 122 valence electrons. The van der Waals surface area contributed by atoms with Gasteiger partial charge in [0, 0.05) is 19.2 Å². The van der Waals surface area contributed by atoms with Gasteiger partial charge in [0.1, 0.15) is 0 Å². The molecule has 0 radical (unpaired) electrons. The molecule has 22 heavy (non-hydrogen) atoms. The van der Waals surface area contributed by atoms with Gasteiger partial charge in [0.2, 0.25) is 5.91 Å². The van der Waals surface area contributed by atoms with Gasteiger partial charge < -0.3 is 10.2 Å². The smallest absolute Gasteiger partial charge is 0.220 e. The van der Waals surface area contributed by atoms with Crippen molar-refractivity contribution < 1.29 is 4.79 Å². The zero-order valence-electron chi connectivity index (χ0n) is 13.4.